The number of nitrogens with zero attached hydrogens (tertiary/aromatic N) is 1. The zero-order chi connectivity index (χ0) is 17.1. The second kappa shape index (κ2) is 7.40. The van der Waals surface area contributed by atoms with Gasteiger partial charge in [0.2, 0.25) is 5.91 Å². The summed E-state index contributed by atoms with van der Waals surface area (Å²) in [4.78, 5) is 17.8. The molecule has 3 rings (SSSR count). The van der Waals surface area contributed by atoms with Crippen LogP contribution in [0, 0.1) is 12.7 Å². The largest absolute Gasteiger partial charge is 0.349 e. The zero-order valence-electron chi connectivity index (χ0n) is 13.9. The lowest BCUT2D eigenvalue weighted by Gasteiger charge is -2.15. The van der Waals surface area contributed by atoms with E-state index in [1.165, 1.54) is 12.1 Å². The van der Waals surface area contributed by atoms with E-state index >= 15 is 0 Å². The normalized spacial score (nSPS) is 18.5. The standard InChI is InChI=1S/C18H22FN3OS/c1-11(21-16(23)10-15-4-3-9-20-15)17-12(2)22-18(24-17)13-5-7-14(19)8-6-13/h5-8,11,15,20H,3-4,9-10H2,1-2H3,(H,21,23). The maximum absolute atomic E-state index is 13.1. The molecule has 6 heteroatoms. The lowest BCUT2D eigenvalue weighted by Crippen LogP contribution is -2.33. The molecule has 0 aliphatic carbocycles. The summed E-state index contributed by atoms with van der Waals surface area (Å²) in [7, 11) is 0. The van der Waals surface area contributed by atoms with Gasteiger partial charge in [0.25, 0.3) is 0 Å². The summed E-state index contributed by atoms with van der Waals surface area (Å²) in [5.74, 6) is -0.188. The Kier molecular flexibility index (Phi) is 5.26. The first-order chi connectivity index (χ1) is 11.5. The molecular weight excluding hydrogens is 325 g/mol. The molecule has 1 aliphatic heterocycles. The molecule has 0 spiro atoms. The Morgan fingerprint density at radius 1 is 1.46 bits per heavy atom. The van der Waals surface area contributed by atoms with Crippen molar-refractivity contribution in [2.24, 2.45) is 0 Å². The number of nitrogens with one attached hydrogen (secondary N) is 2. The summed E-state index contributed by atoms with van der Waals surface area (Å²) in [5.41, 5.74) is 1.80. The lowest BCUT2D eigenvalue weighted by molar-refractivity contribution is -0.122. The molecule has 1 saturated heterocycles. The number of rotatable bonds is 5. The number of hydrogen-bond donors (Lipinski definition) is 2. The van der Waals surface area contributed by atoms with Crippen molar-refractivity contribution in [2.75, 3.05) is 6.54 Å². The fourth-order valence-corrected chi connectivity index (χ4v) is 4.12. The summed E-state index contributed by atoms with van der Waals surface area (Å²) in [6.45, 7) is 4.93. The van der Waals surface area contributed by atoms with Crippen molar-refractivity contribution >= 4 is 17.2 Å². The van der Waals surface area contributed by atoms with Crippen molar-refractivity contribution in [3.8, 4) is 10.6 Å². The molecule has 1 amide bonds. The first kappa shape index (κ1) is 17.0. The van der Waals surface area contributed by atoms with Crippen LogP contribution in [0.3, 0.4) is 0 Å². The number of carbonyl (C=O) groups excluding carboxylic acids is 1. The summed E-state index contributed by atoms with van der Waals surface area (Å²) in [6, 6.07) is 6.55. The van der Waals surface area contributed by atoms with Gasteiger partial charge in [0.05, 0.1) is 16.6 Å². The van der Waals surface area contributed by atoms with Crippen molar-refractivity contribution in [1.82, 2.24) is 15.6 Å². The van der Waals surface area contributed by atoms with Crippen LogP contribution in [-0.2, 0) is 4.79 Å². The van der Waals surface area contributed by atoms with E-state index in [1.54, 1.807) is 23.5 Å². The van der Waals surface area contributed by atoms with E-state index in [9.17, 15) is 9.18 Å². The smallest absolute Gasteiger partial charge is 0.222 e. The molecule has 2 unspecified atom stereocenters. The Labute approximate surface area is 145 Å². The highest BCUT2D eigenvalue weighted by Crippen LogP contribution is 2.31. The van der Waals surface area contributed by atoms with Crippen LogP contribution in [0.25, 0.3) is 10.6 Å². The Morgan fingerprint density at radius 2 is 2.21 bits per heavy atom. The van der Waals surface area contributed by atoms with Crippen molar-refractivity contribution < 1.29 is 9.18 Å². The lowest BCUT2D eigenvalue weighted by atomic mass is 10.1. The van der Waals surface area contributed by atoms with E-state index in [0.717, 1.165) is 40.5 Å². The maximum atomic E-state index is 13.1. The minimum Gasteiger partial charge on any atom is -0.349 e. The minimum absolute atomic E-state index is 0.0676. The first-order valence-corrected chi connectivity index (χ1v) is 9.10. The molecule has 0 saturated carbocycles. The predicted octanol–water partition coefficient (Wildman–Crippen LogP) is 3.58. The zero-order valence-corrected chi connectivity index (χ0v) is 14.8. The molecule has 0 bridgehead atoms. The molecule has 1 fully saturated rings. The maximum Gasteiger partial charge on any atom is 0.222 e. The van der Waals surface area contributed by atoms with Crippen molar-refractivity contribution in [3.63, 3.8) is 0 Å². The summed E-state index contributed by atoms with van der Waals surface area (Å²) in [5, 5.41) is 7.26. The molecule has 2 atom stereocenters. The molecule has 2 heterocycles. The first-order valence-electron chi connectivity index (χ1n) is 8.29. The predicted molar refractivity (Wildman–Crippen MR) is 94.4 cm³/mol. The Morgan fingerprint density at radius 3 is 2.88 bits per heavy atom. The second-order valence-corrected chi connectivity index (χ2v) is 7.29. The van der Waals surface area contributed by atoms with Gasteiger partial charge in [-0.05, 0) is 57.5 Å². The van der Waals surface area contributed by atoms with E-state index in [4.69, 9.17) is 0 Å². The summed E-state index contributed by atoms with van der Waals surface area (Å²) >= 11 is 1.55. The van der Waals surface area contributed by atoms with Gasteiger partial charge in [-0.1, -0.05) is 0 Å². The fourth-order valence-electron chi connectivity index (χ4n) is 3.05. The average molecular weight is 347 g/mol. The number of amides is 1. The number of hydrogen-bond acceptors (Lipinski definition) is 4. The van der Waals surface area contributed by atoms with Crippen LogP contribution in [0.4, 0.5) is 4.39 Å². The molecule has 1 aliphatic rings. The van der Waals surface area contributed by atoms with Crippen LogP contribution in [0.15, 0.2) is 24.3 Å². The van der Waals surface area contributed by atoms with E-state index in [-0.39, 0.29) is 17.8 Å². The number of aryl methyl sites for hydroxylation is 1. The molecule has 2 N–H and O–H groups in total. The highest BCUT2D eigenvalue weighted by Gasteiger charge is 2.21. The van der Waals surface area contributed by atoms with Crippen LogP contribution < -0.4 is 10.6 Å². The van der Waals surface area contributed by atoms with Gasteiger partial charge in [-0.2, -0.15) is 0 Å². The third-order valence-corrected chi connectivity index (χ3v) is 5.68. The topological polar surface area (TPSA) is 54.0 Å². The fraction of sp³-hybridized carbons (Fsp3) is 0.444. The minimum atomic E-state index is -0.256. The average Bonchev–Trinajstić information content (AvgIpc) is 3.17. The van der Waals surface area contributed by atoms with Gasteiger partial charge in [-0.15, -0.1) is 11.3 Å². The Balaban J connectivity index is 1.67. The number of thiazole rings is 1. The molecule has 0 radical (unpaired) electrons. The van der Waals surface area contributed by atoms with Gasteiger partial charge < -0.3 is 10.6 Å². The number of benzene rings is 1. The molecule has 1 aromatic heterocycles. The SMILES string of the molecule is Cc1nc(-c2ccc(F)cc2)sc1C(C)NC(=O)CC1CCCN1. The van der Waals surface area contributed by atoms with E-state index in [1.807, 2.05) is 13.8 Å². The quantitative estimate of drug-likeness (QED) is 0.869. The van der Waals surface area contributed by atoms with Gasteiger partial charge in [-0.3, -0.25) is 4.79 Å². The van der Waals surface area contributed by atoms with Crippen molar-refractivity contribution in [3.05, 3.63) is 40.7 Å². The van der Waals surface area contributed by atoms with Crippen LogP contribution >= 0.6 is 11.3 Å². The second-order valence-electron chi connectivity index (χ2n) is 6.26. The molecule has 24 heavy (non-hydrogen) atoms. The van der Waals surface area contributed by atoms with Gasteiger partial charge in [0.15, 0.2) is 0 Å². The van der Waals surface area contributed by atoms with Crippen molar-refractivity contribution in [1.29, 1.82) is 0 Å². The van der Waals surface area contributed by atoms with Gasteiger partial charge in [0, 0.05) is 18.0 Å². The molecule has 2 aromatic rings. The van der Waals surface area contributed by atoms with Crippen molar-refractivity contribution in [2.45, 2.75) is 45.2 Å². The molecular formula is C18H22FN3OS. The van der Waals surface area contributed by atoms with Gasteiger partial charge >= 0.3 is 0 Å². The molecule has 1 aromatic carbocycles. The molecule has 4 nitrogen and oxygen atoms in total. The van der Waals surface area contributed by atoms with Crippen LogP contribution in [0.5, 0.6) is 0 Å². The van der Waals surface area contributed by atoms with E-state index < -0.39 is 0 Å². The number of halogens is 1. The highest BCUT2D eigenvalue weighted by atomic mass is 32.1. The molecule has 128 valence electrons. The van der Waals surface area contributed by atoms with Gasteiger partial charge in [0.1, 0.15) is 10.8 Å². The van der Waals surface area contributed by atoms with Crippen LogP contribution in [0.1, 0.15) is 42.8 Å². The monoisotopic (exact) mass is 347 g/mol. The number of carbonyl (C=O) groups is 1. The number of aromatic nitrogens is 1. The Hall–Kier alpha value is -1.79. The summed E-state index contributed by atoms with van der Waals surface area (Å²) in [6.07, 6.45) is 2.73. The van der Waals surface area contributed by atoms with E-state index in [0.29, 0.717) is 12.5 Å². The third kappa shape index (κ3) is 3.99. The van der Waals surface area contributed by atoms with Gasteiger partial charge in [-0.25, -0.2) is 9.37 Å². The van der Waals surface area contributed by atoms with Crippen LogP contribution in [0.2, 0.25) is 0 Å². The highest BCUT2D eigenvalue weighted by molar-refractivity contribution is 7.15. The Bertz CT molecular complexity index is 708. The summed E-state index contributed by atoms with van der Waals surface area (Å²) < 4.78 is 13.1. The third-order valence-electron chi connectivity index (χ3n) is 4.29. The van der Waals surface area contributed by atoms with Crippen LogP contribution in [-0.4, -0.2) is 23.5 Å². The van der Waals surface area contributed by atoms with E-state index in [2.05, 4.69) is 15.6 Å².